The number of carboxylic acid groups (broad SMARTS) is 1. The summed E-state index contributed by atoms with van der Waals surface area (Å²) in [7, 11) is 1.65. The van der Waals surface area contributed by atoms with Crippen LogP contribution in [0.15, 0.2) is 48.8 Å². The molecule has 0 spiro atoms. The Labute approximate surface area is 209 Å². The van der Waals surface area contributed by atoms with Crippen molar-refractivity contribution in [2.24, 2.45) is 5.92 Å². The number of methoxy groups -OCH3 is 1. The predicted molar refractivity (Wildman–Crippen MR) is 140 cm³/mol. The highest BCUT2D eigenvalue weighted by molar-refractivity contribution is 6.31. The molecule has 0 radical (unpaired) electrons. The normalized spacial score (nSPS) is 11.3. The molecule has 2 aromatic carbocycles. The largest absolute Gasteiger partial charge is 0.496 e. The zero-order valence-corrected chi connectivity index (χ0v) is 21.1. The Balaban J connectivity index is 1.53. The summed E-state index contributed by atoms with van der Waals surface area (Å²) >= 11 is 6.30. The number of rotatable bonds is 9. The fourth-order valence-electron chi connectivity index (χ4n) is 4.37. The number of anilines is 1. The van der Waals surface area contributed by atoms with Crippen LogP contribution in [0.25, 0.3) is 22.2 Å². The Morgan fingerprint density at radius 1 is 1.17 bits per heavy atom. The molecule has 0 fully saturated rings. The molecule has 182 valence electrons. The van der Waals surface area contributed by atoms with Crippen molar-refractivity contribution < 1.29 is 14.6 Å². The molecule has 8 heteroatoms. The van der Waals surface area contributed by atoms with Crippen LogP contribution in [0.2, 0.25) is 5.02 Å². The van der Waals surface area contributed by atoms with Crippen LogP contribution < -0.4 is 10.1 Å². The molecular formula is C27H29ClN4O3. The number of carbonyl (C=O) groups is 1. The third-order valence-electron chi connectivity index (χ3n) is 5.94. The lowest BCUT2D eigenvalue weighted by molar-refractivity contribution is 0.0695. The monoisotopic (exact) mass is 492 g/mol. The number of ether oxygens (including phenoxy) is 1. The predicted octanol–water partition coefficient (Wildman–Crippen LogP) is 6.08. The van der Waals surface area contributed by atoms with E-state index in [0.29, 0.717) is 41.8 Å². The van der Waals surface area contributed by atoms with Gasteiger partial charge in [0.2, 0.25) is 0 Å². The van der Waals surface area contributed by atoms with Gasteiger partial charge in [-0.25, -0.2) is 14.8 Å². The highest BCUT2D eigenvalue weighted by Crippen LogP contribution is 2.32. The topological polar surface area (TPSA) is 89.3 Å². The van der Waals surface area contributed by atoms with Crippen LogP contribution >= 0.6 is 11.6 Å². The molecule has 4 aromatic rings. The number of nitrogens with one attached hydrogen (secondary N) is 1. The van der Waals surface area contributed by atoms with Crippen molar-refractivity contribution in [3.8, 4) is 17.0 Å². The summed E-state index contributed by atoms with van der Waals surface area (Å²) in [6, 6.07) is 13.1. The third-order valence-corrected chi connectivity index (χ3v) is 6.16. The molecule has 0 aliphatic rings. The maximum Gasteiger partial charge on any atom is 0.335 e. The van der Waals surface area contributed by atoms with Crippen LogP contribution in [0.4, 0.5) is 5.82 Å². The number of benzene rings is 2. The van der Waals surface area contributed by atoms with Crippen molar-refractivity contribution in [2.45, 2.75) is 33.7 Å². The van der Waals surface area contributed by atoms with E-state index in [1.54, 1.807) is 19.2 Å². The molecule has 2 heterocycles. The molecule has 2 N–H and O–H groups in total. The molecule has 0 aliphatic carbocycles. The van der Waals surface area contributed by atoms with Crippen molar-refractivity contribution in [3.05, 3.63) is 70.6 Å². The zero-order valence-electron chi connectivity index (χ0n) is 20.3. The Kier molecular flexibility index (Phi) is 7.26. The molecule has 0 atom stereocenters. The first-order valence-electron chi connectivity index (χ1n) is 11.5. The molecule has 4 rings (SSSR count). The summed E-state index contributed by atoms with van der Waals surface area (Å²) in [5.74, 6) is 0.888. The number of fused-ring (bicyclic) bond motifs is 1. The summed E-state index contributed by atoms with van der Waals surface area (Å²) < 4.78 is 7.69. The van der Waals surface area contributed by atoms with Crippen molar-refractivity contribution in [1.82, 2.24) is 14.5 Å². The Bertz CT molecular complexity index is 1380. The average molecular weight is 493 g/mol. The van der Waals surface area contributed by atoms with Crippen LogP contribution in [0, 0.1) is 12.8 Å². The minimum Gasteiger partial charge on any atom is -0.496 e. The fourth-order valence-corrected chi connectivity index (χ4v) is 4.57. The van der Waals surface area contributed by atoms with Gasteiger partial charge in [-0.15, -0.1) is 0 Å². The molecule has 35 heavy (non-hydrogen) atoms. The van der Waals surface area contributed by atoms with E-state index in [9.17, 15) is 9.90 Å². The first kappa shape index (κ1) is 24.5. The van der Waals surface area contributed by atoms with E-state index >= 15 is 0 Å². The smallest absolute Gasteiger partial charge is 0.335 e. The SMILES string of the molecule is COc1cc(Cl)cc2c1cc(C)n2CCNc1cc(-c2ccc(C(=O)O)c(CC(C)C)c2)ncn1. The van der Waals surface area contributed by atoms with Crippen molar-refractivity contribution in [2.75, 3.05) is 19.0 Å². The van der Waals surface area contributed by atoms with E-state index in [2.05, 4.69) is 46.7 Å². The maximum absolute atomic E-state index is 11.6. The van der Waals surface area contributed by atoms with Crippen LogP contribution in [0.5, 0.6) is 5.75 Å². The number of aromatic nitrogens is 3. The van der Waals surface area contributed by atoms with Gasteiger partial charge in [-0.2, -0.15) is 0 Å². The van der Waals surface area contributed by atoms with Gasteiger partial charge in [-0.3, -0.25) is 0 Å². The summed E-state index contributed by atoms with van der Waals surface area (Å²) in [5, 5.41) is 14.6. The molecule has 0 saturated heterocycles. The summed E-state index contributed by atoms with van der Waals surface area (Å²) in [6.07, 6.45) is 2.20. The number of halogens is 1. The van der Waals surface area contributed by atoms with Gasteiger partial charge < -0.3 is 19.7 Å². The standard InChI is InChI=1S/C27H29ClN4O3/c1-16(2)9-19-11-18(5-6-21(19)27(33)34)23-14-26(31-15-30-23)29-7-8-32-17(3)10-22-24(32)12-20(28)13-25(22)35-4/h5-6,10-16H,7-9H2,1-4H3,(H,33,34)(H,29,30,31). The van der Waals surface area contributed by atoms with Crippen LogP contribution in [0.3, 0.4) is 0 Å². The van der Waals surface area contributed by atoms with Gasteiger partial charge in [0.1, 0.15) is 17.9 Å². The molecule has 0 amide bonds. The van der Waals surface area contributed by atoms with Crippen LogP contribution in [-0.4, -0.2) is 39.3 Å². The minimum atomic E-state index is -0.913. The summed E-state index contributed by atoms with van der Waals surface area (Å²) in [5.41, 5.74) is 4.88. The molecular weight excluding hydrogens is 464 g/mol. The van der Waals surface area contributed by atoms with E-state index in [1.165, 1.54) is 6.33 Å². The Morgan fingerprint density at radius 2 is 1.97 bits per heavy atom. The first-order chi connectivity index (χ1) is 16.8. The second-order valence-electron chi connectivity index (χ2n) is 8.97. The summed E-state index contributed by atoms with van der Waals surface area (Å²) in [4.78, 5) is 20.4. The van der Waals surface area contributed by atoms with Gasteiger partial charge in [0.05, 0.1) is 23.9 Å². The third kappa shape index (κ3) is 5.41. The van der Waals surface area contributed by atoms with Gasteiger partial charge in [0.25, 0.3) is 0 Å². The van der Waals surface area contributed by atoms with Gasteiger partial charge in [-0.1, -0.05) is 31.5 Å². The lowest BCUT2D eigenvalue weighted by Gasteiger charge is -2.13. The quantitative estimate of drug-likeness (QED) is 0.294. The van der Waals surface area contributed by atoms with Gasteiger partial charge in [0.15, 0.2) is 0 Å². The number of carboxylic acids is 1. The van der Waals surface area contributed by atoms with Crippen molar-refractivity contribution in [3.63, 3.8) is 0 Å². The van der Waals surface area contributed by atoms with Gasteiger partial charge >= 0.3 is 5.97 Å². The van der Waals surface area contributed by atoms with E-state index in [0.717, 1.165) is 39.2 Å². The number of aryl methyl sites for hydroxylation is 1. The number of nitrogens with zero attached hydrogens (tertiary/aromatic N) is 3. The highest BCUT2D eigenvalue weighted by Gasteiger charge is 2.14. The molecule has 0 bridgehead atoms. The maximum atomic E-state index is 11.6. The molecule has 7 nitrogen and oxygen atoms in total. The fraction of sp³-hybridized carbons (Fsp3) is 0.296. The second-order valence-corrected chi connectivity index (χ2v) is 9.40. The second kappa shape index (κ2) is 10.4. The van der Waals surface area contributed by atoms with Gasteiger partial charge in [0, 0.05) is 40.8 Å². The Hall–Kier alpha value is -3.58. The minimum absolute atomic E-state index is 0.334. The van der Waals surface area contributed by atoms with Gasteiger partial charge in [-0.05, 0) is 55.2 Å². The van der Waals surface area contributed by atoms with Crippen molar-refractivity contribution in [1.29, 1.82) is 0 Å². The van der Waals surface area contributed by atoms with Crippen molar-refractivity contribution >= 4 is 34.3 Å². The lowest BCUT2D eigenvalue weighted by Crippen LogP contribution is -2.12. The first-order valence-corrected chi connectivity index (χ1v) is 11.9. The highest BCUT2D eigenvalue weighted by atomic mass is 35.5. The molecule has 0 aliphatic heterocycles. The number of hydrogen-bond acceptors (Lipinski definition) is 5. The zero-order chi connectivity index (χ0) is 25.1. The number of hydrogen-bond donors (Lipinski definition) is 2. The molecule has 0 saturated carbocycles. The molecule has 2 aromatic heterocycles. The van der Waals surface area contributed by atoms with Crippen LogP contribution in [0.1, 0.15) is 35.5 Å². The molecule has 0 unspecified atom stereocenters. The van der Waals surface area contributed by atoms with Crippen LogP contribution in [-0.2, 0) is 13.0 Å². The average Bonchev–Trinajstić information content (AvgIpc) is 3.13. The van der Waals surface area contributed by atoms with E-state index in [4.69, 9.17) is 16.3 Å². The lowest BCUT2D eigenvalue weighted by atomic mass is 9.95. The Morgan fingerprint density at radius 3 is 2.69 bits per heavy atom. The summed E-state index contributed by atoms with van der Waals surface area (Å²) in [6.45, 7) is 7.57. The van der Waals surface area contributed by atoms with E-state index < -0.39 is 5.97 Å². The van der Waals surface area contributed by atoms with E-state index in [-0.39, 0.29) is 0 Å². The van der Waals surface area contributed by atoms with E-state index in [1.807, 2.05) is 24.3 Å². The number of aromatic carboxylic acids is 1.